The maximum Gasteiger partial charge on any atom is 0.273 e. The van der Waals surface area contributed by atoms with E-state index in [4.69, 9.17) is 5.73 Å². The second-order valence-corrected chi connectivity index (χ2v) is 7.02. The molecule has 0 aromatic heterocycles. The number of rotatable bonds is 4. The lowest BCUT2D eigenvalue weighted by Crippen LogP contribution is -2.49. The van der Waals surface area contributed by atoms with Crippen LogP contribution in [0.5, 0.6) is 0 Å². The van der Waals surface area contributed by atoms with Gasteiger partial charge in [0.2, 0.25) is 10.0 Å². The molecule has 0 bridgehead atoms. The molecule has 1 aliphatic carbocycles. The molecule has 0 amide bonds. The molecule has 7 nitrogen and oxygen atoms in total. The van der Waals surface area contributed by atoms with Crippen molar-refractivity contribution in [1.29, 1.82) is 0 Å². The van der Waals surface area contributed by atoms with E-state index >= 15 is 0 Å². The Hall–Kier alpha value is -1.51. The maximum absolute atomic E-state index is 12.5. The number of nitro groups is 1. The van der Waals surface area contributed by atoms with Gasteiger partial charge in [0.25, 0.3) is 5.69 Å². The molecule has 21 heavy (non-hydrogen) atoms. The van der Waals surface area contributed by atoms with Crippen molar-refractivity contribution in [2.24, 2.45) is 5.73 Å². The maximum atomic E-state index is 12.5. The molecule has 2 rings (SSSR count). The SMILES string of the molecule is Cc1c([N+](=O)[O-])cccc1S(=O)(=O)N[C@@H]1CCCC[C@H]1N. The summed E-state index contributed by atoms with van der Waals surface area (Å²) in [7, 11) is -3.81. The molecule has 1 saturated carbocycles. The standard InChI is InChI=1S/C13H19N3O4S/c1-9-12(16(17)18)7-4-8-13(9)21(19,20)15-11-6-3-2-5-10(11)14/h4,7-8,10-11,15H,2-3,5-6,14H2,1H3/t10-,11-/m1/s1. The van der Waals surface area contributed by atoms with Gasteiger partial charge in [-0.2, -0.15) is 0 Å². The van der Waals surface area contributed by atoms with E-state index in [0.29, 0.717) is 6.42 Å². The number of nitrogens with zero attached hydrogens (tertiary/aromatic N) is 1. The topological polar surface area (TPSA) is 115 Å². The second-order valence-electron chi connectivity index (χ2n) is 5.33. The van der Waals surface area contributed by atoms with Crippen molar-refractivity contribution >= 4 is 15.7 Å². The normalized spacial score (nSPS) is 23.0. The van der Waals surface area contributed by atoms with Crippen molar-refractivity contribution < 1.29 is 13.3 Å². The van der Waals surface area contributed by atoms with Crippen molar-refractivity contribution in [3.8, 4) is 0 Å². The first-order valence-corrected chi connectivity index (χ1v) is 8.33. The molecule has 0 saturated heterocycles. The molecular weight excluding hydrogens is 294 g/mol. The van der Waals surface area contributed by atoms with Gasteiger partial charge in [-0.05, 0) is 25.8 Å². The zero-order valence-corrected chi connectivity index (χ0v) is 12.6. The van der Waals surface area contributed by atoms with Crippen LogP contribution in [-0.2, 0) is 10.0 Å². The molecule has 0 aliphatic heterocycles. The molecule has 3 N–H and O–H groups in total. The summed E-state index contributed by atoms with van der Waals surface area (Å²) in [6.45, 7) is 1.44. The molecular formula is C13H19N3O4S. The van der Waals surface area contributed by atoms with Crippen LogP contribution in [0.25, 0.3) is 0 Å². The molecule has 0 spiro atoms. The predicted octanol–water partition coefficient (Wildman–Crippen LogP) is 1.45. The minimum absolute atomic E-state index is 0.0607. The molecule has 2 atom stereocenters. The van der Waals surface area contributed by atoms with Crippen molar-refractivity contribution in [3.63, 3.8) is 0 Å². The monoisotopic (exact) mass is 313 g/mol. The van der Waals surface area contributed by atoms with Gasteiger partial charge in [0.15, 0.2) is 0 Å². The van der Waals surface area contributed by atoms with Crippen LogP contribution in [0.1, 0.15) is 31.2 Å². The minimum atomic E-state index is -3.81. The van der Waals surface area contributed by atoms with E-state index in [9.17, 15) is 18.5 Å². The van der Waals surface area contributed by atoms with Crippen LogP contribution in [-0.4, -0.2) is 25.4 Å². The van der Waals surface area contributed by atoms with Crippen LogP contribution >= 0.6 is 0 Å². The van der Waals surface area contributed by atoms with E-state index < -0.39 is 14.9 Å². The third kappa shape index (κ3) is 3.39. The molecule has 1 aliphatic rings. The van der Waals surface area contributed by atoms with E-state index in [1.54, 1.807) is 0 Å². The molecule has 116 valence electrons. The number of nitrogens with two attached hydrogens (primary N) is 1. The zero-order chi connectivity index (χ0) is 15.6. The van der Waals surface area contributed by atoms with Crippen LogP contribution in [0.4, 0.5) is 5.69 Å². The summed E-state index contributed by atoms with van der Waals surface area (Å²) >= 11 is 0. The van der Waals surface area contributed by atoms with Crippen molar-refractivity contribution in [3.05, 3.63) is 33.9 Å². The Balaban J connectivity index is 2.31. The molecule has 1 aromatic rings. The molecule has 0 heterocycles. The lowest BCUT2D eigenvalue weighted by Gasteiger charge is -2.29. The number of nitro benzene ring substituents is 1. The summed E-state index contributed by atoms with van der Waals surface area (Å²) < 4.78 is 27.5. The quantitative estimate of drug-likeness (QED) is 0.645. The van der Waals surface area contributed by atoms with Gasteiger partial charge in [0, 0.05) is 23.7 Å². The highest BCUT2D eigenvalue weighted by Gasteiger charge is 2.29. The molecule has 1 fully saturated rings. The Morgan fingerprint density at radius 3 is 2.62 bits per heavy atom. The first kappa shape index (κ1) is 15.9. The smallest absolute Gasteiger partial charge is 0.273 e. The third-order valence-corrected chi connectivity index (χ3v) is 5.50. The van der Waals surface area contributed by atoms with E-state index in [1.807, 2.05) is 0 Å². The van der Waals surface area contributed by atoms with Crippen LogP contribution < -0.4 is 10.5 Å². The number of hydrogen-bond acceptors (Lipinski definition) is 5. The van der Waals surface area contributed by atoms with Gasteiger partial charge in [-0.3, -0.25) is 10.1 Å². The molecule has 8 heteroatoms. The van der Waals surface area contributed by atoms with Crippen LogP contribution in [0, 0.1) is 17.0 Å². The number of nitrogens with one attached hydrogen (secondary N) is 1. The highest BCUT2D eigenvalue weighted by molar-refractivity contribution is 7.89. The minimum Gasteiger partial charge on any atom is -0.326 e. The summed E-state index contributed by atoms with van der Waals surface area (Å²) in [5.74, 6) is 0. The Morgan fingerprint density at radius 2 is 2.00 bits per heavy atom. The average Bonchev–Trinajstić information content (AvgIpc) is 2.41. The Bertz CT molecular complexity index is 645. The fourth-order valence-corrected chi connectivity index (χ4v) is 4.24. The number of hydrogen-bond donors (Lipinski definition) is 2. The van der Waals surface area contributed by atoms with Crippen LogP contribution in [0.15, 0.2) is 23.1 Å². The van der Waals surface area contributed by atoms with Gasteiger partial charge < -0.3 is 5.73 Å². The van der Waals surface area contributed by atoms with E-state index in [1.165, 1.54) is 25.1 Å². The predicted molar refractivity (Wildman–Crippen MR) is 78.4 cm³/mol. The first-order valence-electron chi connectivity index (χ1n) is 6.85. The lowest BCUT2D eigenvalue weighted by atomic mass is 9.92. The summed E-state index contributed by atoms with van der Waals surface area (Å²) in [5, 5.41) is 10.9. The van der Waals surface area contributed by atoms with Gasteiger partial charge in [0.1, 0.15) is 0 Å². The van der Waals surface area contributed by atoms with E-state index in [0.717, 1.165) is 19.3 Å². The van der Waals surface area contributed by atoms with E-state index in [-0.39, 0.29) is 28.2 Å². The Morgan fingerprint density at radius 1 is 1.33 bits per heavy atom. The second kappa shape index (κ2) is 6.08. The van der Waals surface area contributed by atoms with E-state index in [2.05, 4.69) is 4.72 Å². The zero-order valence-electron chi connectivity index (χ0n) is 11.8. The Labute approximate surface area is 123 Å². The summed E-state index contributed by atoms with van der Waals surface area (Å²) in [4.78, 5) is 10.3. The number of benzene rings is 1. The fraction of sp³-hybridized carbons (Fsp3) is 0.538. The van der Waals surface area contributed by atoms with Crippen molar-refractivity contribution in [2.75, 3.05) is 0 Å². The van der Waals surface area contributed by atoms with Gasteiger partial charge in [-0.25, -0.2) is 13.1 Å². The number of sulfonamides is 1. The molecule has 0 unspecified atom stereocenters. The fourth-order valence-electron chi connectivity index (χ4n) is 2.66. The van der Waals surface area contributed by atoms with Crippen molar-refractivity contribution in [2.45, 2.75) is 49.6 Å². The van der Waals surface area contributed by atoms with Crippen LogP contribution in [0.2, 0.25) is 0 Å². The molecule has 1 aromatic carbocycles. The lowest BCUT2D eigenvalue weighted by molar-refractivity contribution is -0.385. The first-order chi connectivity index (χ1) is 9.83. The van der Waals surface area contributed by atoms with Crippen molar-refractivity contribution in [1.82, 2.24) is 4.72 Å². The van der Waals surface area contributed by atoms with Gasteiger partial charge >= 0.3 is 0 Å². The Kier molecular flexibility index (Phi) is 4.60. The van der Waals surface area contributed by atoms with Gasteiger partial charge in [-0.15, -0.1) is 0 Å². The van der Waals surface area contributed by atoms with Crippen LogP contribution in [0.3, 0.4) is 0 Å². The highest BCUT2D eigenvalue weighted by atomic mass is 32.2. The van der Waals surface area contributed by atoms with Gasteiger partial charge in [0.05, 0.1) is 9.82 Å². The largest absolute Gasteiger partial charge is 0.326 e. The summed E-state index contributed by atoms with van der Waals surface area (Å²) in [6, 6.07) is 3.51. The third-order valence-electron chi connectivity index (χ3n) is 3.87. The summed E-state index contributed by atoms with van der Waals surface area (Å²) in [5.41, 5.74) is 5.88. The van der Waals surface area contributed by atoms with Gasteiger partial charge in [-0.1, -0.05) is 18.9 Å². The summed E-state index contributed by atoms with van der Waals surface area (Å²) in [6.07, 6.45) is 3.39. The highest BCUT2D eigenvalue weighted by Crippen LogP contribution is 2.26. The molecule has 0 radical (unpaired) electrons. The average molecular weight is 313 g/mol.